The standard InChI is InChI=1S/C5H4BrClN2S/c6-3-1-4(10-7)5(8)9-2-3/h1-2H,(H2,8,9). The highest BCUT2D eigenvalue weighted by Crippen LogP contribution is 2.28. The summed E-state index contributed by atoms with van der Waals surface area (Å²) in [5.74, 6) is 0.461. The molecule has 0 amide bonds. The van der Waals surface area contributed by atoms with Gasteiger partial charge in [-0.25, -0.2) is 4.98 Å². The van der Waals surface area contributed by atoms with Crippen LogP contribution in [0.2, 0.25) is 0 Å². The van der Waals surface area contributed by atoms with Crippen molar-refractivity contribution >= 4 is 43.4 Å². The summed E-state index contributed by atoms with van der Waals surface area (Å²) in [5, 5.41) is 0. The minimum absolute atomic E-state index is 0.461. The number of rotatable bonds is 1. The molecule has 0 unspecified atom stereocenters. The second-order valence-corrected chi connectivity index (χ2v) is 3.59. The molecular weight excluding hydrogens is 235 g/mol. The van der Waals surface area contributed by atoms with E-state index in [2.05, 4.69) is 20.9 Å². The molecule has 0 aliphatic heterocycles. The van der Waals surface area contributed by atoms with Crippen LogP contribution in [-0.4, -0.2) is 4.98 Å². The third kappa shape index (κ3) is 1.78. The maximum atomic E-state index is 5.48. The van der Waals surface area contributed by atoms with Crippen LogP contribution < -0.4 is 5.73 Å². The quantitative estimate of drug-likeness (QED) is 0.819. The van der Waals surface area contributed by atoms with Crippen molar-refractivity contribution in [2.75, 3.05) is 5.73 Å². The van der Waals surface area contributed by atoms with E-state index in [1.165, 1.54) is 0 Å². The second-order valence-electron chi connectivity index (χ2n) is 1.61. The molecule has 2 nitrogen and oxygen atoms in total. The fourth-order valence-corrected chi connectivity index (χ4v) is 1.65. The molecule has 0 aliphatic rings. The lowest BCUT2D eigenvalue weighted by molar-refractivity contribution is 1.24. The minimum Gasteiger partial charge on any atom is -0.383 e. The maximum Gasteiger partial charge on any atom is 0.138 e. The molecule has 0 fully saturated rings. The topological polar surface area (TPSA) is 38.9 Å². The van der Waals surface area contributed by atoms with E-state index in [0.717, 1.165) is 20.3 Å². The predicted molar refractivity (Wildman–Crippen MR) is 48.1 cm³/mol. The van der Waals surface area contributed by atoms with E-state index in [0.29, 0.717) is 5.82 Å². The van der Waals surface area contributed by atoms with Crippen LogP contribution in [-0.2, 0) is 0 Å². The number of halogens is 2. The lowest BCUT2D eigenvalue weighted by Crippen LogP contribution is -1.90. The van der Waals surface area contributed by atoms with Gasteiger partial charge in [0.15, 0.2) is 0 Å². The van der Waals surface area contributed by atoms with Gasteiger partial charge in [0.25, 0.3) is 0 Å². The summed E-state index contributed by atoms with van der Waals surface area (Å²) < 4.78 is 0.879. The van der Waals surface area contributed by atoms with Gasteiger partial charge in [0.1, 0.15) is 5.82 Å². The van der Waals surface area contributed by atoms with E-state index in [1.54, 1.807) is 6.20 Å². The van der Waals surface area contributed by atoms with E-state index < -0.39 is 0 Å². The Balaban J connectivity index is 3.09. The Bertz CT molecular complexity index is 243. The zero-order valence-corrected chi connectivity index (χ0v) is 8.00. The molecule has 0 saturated carbocycles. The summed E-state index contributed by atoms with van der Waals surface area (Å²) in [6.45, 7) is 0. The summed E-state index contributed by atoms with van der Waals surface area (Å²) in [7, 11) is 6.54. The number of aromatic nitrogens is 1. The van der Waals surface area contributed by atoms with Crippen LogP contribution in [0.1, 0.15) is 0 Å². The van der Waals surface area contributed by atoms with Gasteiger partial charge < -0.3 is 5.73 Å². The molecule has 0 radical (unpaired) electrons. The predicted octanol–water partition coefficient (Wildman–Crippen LogP) is 2.67. The van der Waals surface area contributed by atoms with Gasteiger partial charge >= 0.3 is 0 Å². The van der Waals surface area contributed by atoms with Crippen molar-refractivity contribution in [3.05, 3.63) is 16.7 Å². The van der Waals surface area contributed by atoms with Crippen LogP contribution >= 0.6 is 37.6 Å². The number of hydrogen-bond acceptors (Lipinski definition) is 3. The van der Waals surface area contributed by atoms with Crippen molar-refractivity contribution < 1.29 is 0 Å². The normalized spacial score (nSPS) is 9.80. The first-order chi connectivity index (χ1) is 4.74. The number of nitrogen functional groups attached to an aromatic ring is 1. The van der Waals surface area contributed by atoms with Gasteiger partial charge in [-0.1, -0.05) is 0 Å². The van der Waals surface area contributed by atoms with Crippen molar-refractivity contribution in [2.45, 2.75) is 4.90 Å². The van der Waals surface area contributed by atoms with Crippen LogP contribution in [0.3, 0.4) is 0 Å². The Labute approximate surface area is 75.8 Å². The smallest absolute Gasteiger partial charge is 0.138 e. The number of anilines is 1. The van der Waals surface area contributed by atoms with Gasteiger partial charge in [-0.05, 0) is 43.7 Å². The lowest BCUT2D eigenvalue weighted by atomic mass is 10.5. The van der Waals surface area contributed by atoms with Gasteiger partial charge in [-0.3, -0.25) is 0 Å². The van der Waals surface area contributed by atoms with Gasteiger partial charge in [-0.2, -0.15) is 0 Å². The summed E-state index contributed by atoms with van der Waals surface area (Å²) in [4.78, 5) is 4.65. The molecule has 1 aromatic heterocycles. The largest absolute Gasteiger partial charge is 0.383 e. The first-order valence-electron chi connectivity index (χ1n) is 2.43. The van der Waals surface area contributed by atoms with Crippen LogP contribution in [0, 0.1) is 0 Å². The lowest BCUT2D eigenvalue weighted by Gasteiger charge is -1.97. The van der Waals surface area contributed by atoms with Gasteiger partial charge in [-0.15, -0.1) is 0 Å². The van der Waals surface area contributed by atoms with Crippen molar-refractivity contribution in [1.82, 2.24) is 4.98 Å². The van der Waals surface area contributed by atoms with Crippen molar-refractivity contribution in [1.29, 1.82) is 0 Å². The summed E-state index contributed by atoms with van der Waals surface area (Å²) in [6.07, 6.45) is 1.63. The Morgan fingerprint density at radius 2 is 2.40 bits per heavy atom. The second kappa shape index (κ2) is 3.46. The molecule has 0 spiro atoms. The molecule has 1 rings (SSSR count). The van der Waals surface area contributed by atoms with Crippen molar-refractivity contribution in [3.63, 3.8) is 0 Å². The summed E-state index contributed by atoms with van der Waals surface area (Å²) in [6, 6.07) is 1.82. The van der Waals surface area contributed by atoms with Crippen LogP contribution in [0.15, 0.2) is 21.6 Å². The first kappa shape index (κ1) is 8.17. The van der Waals surface area contributed by atoms with Gasteiger partial charge in [0.2, 0.25) is 0 Å². The molecule has 0 atom stereocenters. The van der Waals surface area contributed by atoms with E-state index in [4.69, 9.17) is 16.4 Å². The first-order valence-corrected chi connectivity index (χ1v) is 4.87. The van der Waals surface area contributed by atoms with Gasteiger partial charge in [0.05, 0.1) is 4.90 Å². The average Bonchev–Trinajstić information content (AvgIpc) is 1.94. The Morgan fingerprint density at radius 3 is 2.90 bits per heavy atom. The van der Waals surface area contributed by atoms with Crippen LogP contribution in [0.5, 0.6) is 0 Å². The number of nitrogens with two attached hydrogens (primary N) is 1. The molecule has 5 heteroatoms. The molecule has 0 aliphatic carbocycles. The van der Waals surface area contributed by atoms with Crippen molar-refractivity contribution in [2.24, 2.45) is 0 Å². The SMILES string of the molecule is Nc1ncc(Br)cc1SCl. The zero-order valence-electron chi connectivity index (χ0n) is 4.84. The molecule has 2 N–H and O–H groups in total. The fraction of sp³-hybridized carbons (Fsp3) is 0. The summed E-state index contributed by atoms with van der Waals surface area (Å²) in [5.41, 5.74) is 5.46. The third-order valence-electron chi connectivity index (χ3n) is 0.932. The molecule has 10 heavy (non-hydrogen) atoms. The highest BCUT2D eigenvalue weighted by Gasteiger charge is 1.99. The molecule has 0 bridgehead atoms. The van der Waals surface area contributed by atoms with Crippen molar-refractivity contribution in [3.8, 4) is 0 Å². The van der Waals surface area contributed by atoms with E-state index in [-0.39, 0.29) is 0 Å². The zero-order chi connectivity index (χ0) is 7.56. The molecular formula is C5H4BrClN2S. The Hall–Kier alpha value is 0.0700. The van der Waals surface area contributed by atoms with E-state index in [9.17, 15) is 0 Å². The molecule has 1 aromatic rings. The number of nitrogens with zero attached hydrogens (tertiary/aromatic N) is 1. The number of pyridine rings is 1. The Morgan fingerprint density at radius 1 is 1.70 bits per heavy atom. The van der Waals surface area contributed by atoms with E-state index in [1.807, 2.05) is 6.07 Å². The fourth-order valence-electron chi connectivity index (χ4n) is 0.493. The van der Waals surface area contributed by atoms with Gasteiger partial charge in [0, 0.05) is 10.7 Å². The average molecular weight is 240 g/mol. The summed E-state index contributed by atoms with van der Waals surface area (Å²) >= 11 is 3.25. The van der Waals surface area contributed by atoms with Crippen LogP contribution in [0.25, 0.3) is 0 Å². The molecule has 0 saturated heterocycles. The maximum absolute atomic E-state index is 5.48. The molecule has 54 valence electrons. The minimum atomic E-state index is 0.461. The highest BCUT2D eigenvalue weighted by molar-refractivity contribution is 9.10. The monoisotopic (exact) mass is 238 g/mol. The van der Waals surface area contributed by atoms with E-state index >= 15 is 0 Å². The molecule has 1 heterocycles. The molecule has 0 aromatic carbocycles. The van der Waals surface area contributed by atoms with Crippen LogP contribution in [0.4, 0.5) is 5.82 Å². The third-order valence-corrected chi connectivity index (χ3v) is 2.36. The number of hydrogen-bond donors (Lipinski definition) is 1. The Kier molecular flexibility index (Phi) is 2.82. The highest BCUT2D eigenvalue weighted by atomic mass is 79.9.